The highest BCUT2D eigenvalue weighted by Crippen LogP contribution is 2.31. The number of ketones is 1. The average molecular weight is 257 g/mol. The zero-order valence-corrected chi connectivity index (χ0v) is 12.5. The Labute approximate surface area is 116 Å². The van der Waals surface area contributed by atoms with Crippen molar-refractivity contribution in [1.29, 1.82) is 5.26 Å². The molecule has 102 valence electrons. The number of nitriles is 1. The molecule has 0 aliphatic rings. The van der Waals surface area contributed by atoms with Gasteiger partial charge in [-0.25, -0.2) is 0 Å². The summed E-state index contributed by atoms with van der Waals surface area (Å²) in [7, 11) is 0. The third kappa shape index (κ3) is 3.92. The largest absolute Gasteiger partial charge is 0.298 e. The molecule has 1 rings (SSSR count). The third-order valence-electron chi connectivity index (χ3n) is 3.94. The predicted molar refractivity (Wildman–Crippen MR) is 77.8 cm³/mol. The van der Waals surface area contributed by atoms with Gasteiger partial charge >= 0.3 is 0 Å². The molecule has 0 aliphatic heterocycles. The molecular weight excluding hydrogens is 234 g/mol. The minimum atomic E-state index is -0.633. The summed E-state index contributed by atoms with van der Waals surface area (Å²) < 4.78 is 0. The molecule has 0 spiro atoms. The first-order valence-electron chi connectivity index (χ1n) is 6.75. The number of carbonyl (C=O) groups is 1. The van der Waals surface area contributed by atoms with E-state index < -0.39 is 5.92 Å². The second kappa shape index (κ2) is 6.02. The number of rotatable bonds is 4. The van der Waals surface area contributed by atoms with Crippen LogP contribution in [0.1, 0.15) is 51.2 Å². The maximum atomic E-state index is 12.4. The van der Waals surface area contributed by atoms with Gasteiger partial charge in [0, 0.05) is 6.42 Å². The molecule has 19 heavy (non-hydrogen) atoms. The Kier molecular flexibility index (Phi) is 4.89. The minimum Gasteiger partial charge on any atom is -0.298 e. The minimum absolute atomic E-state index is 0.0271. The van der Waals surface area contributed by atoms with Gasteiger partial charge in [-0.1, -0.05) is 52.0 Å². The van der Waals surface area contributed by atoms with Gasteiger partial charge in [0.1, 0.15) is 5.92 Å². The fraction of sp³-hybridized carbons (Fsp3) is 0.529. The first-order chi connectivity index (χ1) is 8.77. The standard InChI is InChI=1S/C17H23NO/c1-12-8-6-7-9-14(12)15(11-18)16(19)10-13(2)17(3,4)5/h6-9,13,15H,10H2,1-5H3. The lowest BCUT2D eigenvalue weighted by atomic mass is 9.77. The smallest absolute Gasteiger partial charge is 0.154 e. The van der Waals surface area contributed by atoms with Crippen LogP contribution >= 0.6 is 0 Å². The van der Waals surface area contributed by atoms with Crippen molar-refractivity contribution in [3.05, 3.63) is 35.4 Å². The lowest BCUT2D eigenvalue weighted by molar-refractivity contribution is -0.120. The van der Waals surface area contributed by atoms with Gasteiger partial charge in [0.05, 0.1) is 6.07 Å². The molecule has 0 radical (unpaired) electrons. The quantitative estimate of drug-likeness (QED) is 0.809. The van der Waals surface area contributed by atoms with Crippen LogP contribution in [0.5, 0.6) is 0 Å². The van der Waals surface area contributed by atoms with Crippen molar-refractivity contribution in [2.75, 3.05) is 0 Å². The van der Waals surface area contributed by atoms with Crippen molar-refractivity contribution in [2.24, 2.45) is 11.3 Å². The molecule has 0 aliphatic carbocycles. The second-order valence-corrected chi connectivity index (χ2v) is 6.36. The summed E-state index contributed by atoms with van der Waals surface area (Å²) in [5.41, 5.74) is 1.93. The van der Waals surface area contributed by atoms with E-state index in [1.807, 2.05) is 31.2 Å². The molecule has 0 bridgehead atoms. The van der Waals surface area contributed by atoms with Crippen LogP contribution < -0.4 is 0 Å². The molecule has 2 unspecified atom stereocenters. The summed E-state index contributed by atoms with van der Waals surface area (Å²) in [6.45, 7) is 10.4. The number of Topliss-reactive ketones (excluding diaryl/α,β-unsaturated/α-hetero) is 1. The number of hydrogen-bond acceptors (Lipinski definition) is 2. The van der Waals surface area contributed by atoms with E-state index in [1.165, 1.54) is 0 Å². The Morgan fingerprint density at radius 1 is 1.32 bits per heavy atom. The van der Waals surface area contributed by atoms with Crippen LogP contribution in [0, 0.1) is 29.6 Å². The first kappa shape index (κ1) is 15.4. The van der Waals surface area contributed by atoms with Crippen LogP contribution in [0.3, 0.4) is 0 Å². The Bertz CT molecular complexity index is 491. The number of hydrogen-bond donors (Lipinski definition) is 0. The van der Waals surface area contributed by atoms with Gasteiger partial charge in [-0.15, -0.1) is 0 Å². The van der Waals surface area contributed by atoms with Crippen LogP contribution in [0.15, 0.2) is 24.3 Å². The van der Waals surface area contributed by atoms with Gasteiger partial charge in [0.25, 0.3) is 0 Å². The van der Waals surface area contributed by atoms with E-state index in [1.54, 1.807) is 0 Å². The van der Waals surface area contributed by atoms with E-state index in [-0.39, 0.29) is 17.1 Å². The Balaban J connectivity index is 2.91. The zero-order chi connectivity index (χ0) is 14.6. The Hall–Kier alpha value is -1.62. The van der Waals surface area contributed by atoms with E-state index in [2.05, 4.69) is 33.8 Å². The molecule has 0 N–H and O–H groups in total. The van der Waals surface area contributed by atoms with E-state index in [0.717, 1.165) is 11.1 Å². The van der Waals surface area contributed by atoms with Crippen LogP contribution in [-0.2, 0) is 4.79 Å². The lowest BCUT2D eigenvalue weighted by Gasteiger charge is -2.27. The van der Waals surface area contributed by atoms with Crippen LogP contribution in [0.4, 0.5) is 0 Å². The van der Waals surface area contributed by atoms with Crippen molar-refractivity contribution >= 4 is 5.78 Å². The highest BCUT2D eigenvalue weighted by atomic mass is 16.1. The van der Waals surface area contributed by atoms with Gasteiger partial charge < -0.3 is 0 Å². The summed E-state index contributed by atoms with van der Waals surface area (Å²) in [4.78, 5) is 12.4. The van der Waals surface area contributed by atoms with Crippen LogP contribution in [0.25, 0.3) is 0 Å². The summed E-state index contributed by atoms with van der Waals surface area (Å²) in [5, 5.41) is 9.32. The SMILES string of the molecule is Cc1ccccc1C(C#N)C(=O)CC(C)C(C)(C)C. The third-order valence-corrected chi connectivity index (χ3v) is 3.94. The molecule has 0 saturated heterocycles. The zero-order valence-electron chi connectivity index (χ0n) is 12.5. The highest BCUT2D eigenvalue weighted by molar-refractivity contribution is 5.89. The van der Waals surface area contributed by atoms with E-state index in [4.69, 9.17) is 0 Å². The normalized spacial score (nSPS) is 14.5. The van der Waals surface area contributed by atoms with Gasteiger partial charge in [-0.3, -0.25) is 4.79 Å². The molecule has 0 saturated carbocycles. The van der Waals surface area contributed by atoms with Crippen LogP contribution in [-0.4, -0.2) is 5.78 Å². The molecule has 0 heterocycles. The maximum absolute atomic E-state index is 12.4. The fourth-order valence-corrected chi connectivity index (χ4v) is 1.95. The molecule has 2 heteroatoms. The topological polar surface area (TPSA) is 40.9 Å². The fourth-order valence-electron chi connectivity index (χ4n) is 1.95. The molecular formula is C17H23NO. The van der Waals surface area contributed by atoms with Crippen molar-refractivity contribution in [3.8, 4) is 6.07 Å². The van der Waals surface area contributed by atoms with Crippen molar-refractivity contribution < 1.29 is 4.79 Å². The maximum Gasteiger partial charge on any atom is 0.154 e. The number of carbonyl (C=O) groups excluding carboxylic acids is 1. The highest BCUT2D eigenvalue weighted by Gasteiger charge is 2.28. The molecule has 1 aromatic rings. The first-order valence-corrected chi connectivity index (χ1v) is 6.75. The molecule has 1 aromatic carbocycles. The van der Waals surface area contributed by atoms with Crippen LogP contribution in [0.2, 0.25) is 0 Å². The molecule has 0 aromatic heterocycles. The number of benzene rings is 1. The van der Waals surface area contributed by atoms with E-state index in [9.17, 15) is 10.1 Å². The van der Waals surface area contributed by atoms with Gasteiger partial charge in [0.15, 0.2) is 5.78 Å². The molecule has 2 nitrogen and oxygen atoms in total. The Morgan fingerprint density at radius 3 is 2.37 bits per heavy atom. The predicted octanol–water partition coefficient (Wildman–Crippen LogP) is 4.24. The van der Waals surface area contributed by atoms with Crippen molar-refractivity contribution in [2.45, 2.75) is 47.0 Å². The summed E-state index contributed by atoms with van der Waals surface area (Å²) in [5.74, 6) is -0.343. The van der Waals surface area contributed by atoms with Gasteiger partial charge in [0.2, 0.25) is 0 Å². The summed E-state index contributed by atoms with van der Waals surface area (Å²) >= 11 is 0. The number of aryl methyl sites for hydroxylation is 1. The second-order valence-electron chi connectivity index (χ2n) is 6.36. The Morgan fingerprint density at radius 2 is 1.89 bits per heavy atom. The van der Waals surface area contributed by atoms with E-state index >= 15 is 0 Å². The summed E-state index contributed by atoms with van der Waals surface area (Å²) in [6.07, 6.45) is 0.454. The van der Waals surface area contributed by atoms with Gasteiger partial charge in [-0.2, -0.15) is 5.26 Å². The summed E-state index contributed by atoms with van der Waals surface area (Å²) in [6, 6.07) is 9.80. The van der Waals surface area contributed by atoms with Crippen molar-refractivity contribution in [3.63, 3.8) is 0 Å². The average Bonchev–Trinajstić information content (AvgIpc) is 2.31. The van der Waals surface area contributed by atoms with Gasteiger partial charge in [-0.05, 0) is 29.4 Å². The van der Waals surface area contributed by atoms with E-state index in [0.29, 0.717) is 6.42 Å². The van der Waals surface area contributed by atoms with Crippen molar-refractivity contribution in [1.82, 2.24) is 0 Å². The number of nitrogens with zero attached hydrogens (tertiary/aromatic N) is 1. The molecule has 0 amide bonds. The molecule has 2 atom stereocenters. The lowest BCUT2D eigenvalue weighted by Crippen LogP contribution is -2.23. The monoisotopic (exact) mass is 257 g/mol. The molecule has 0 fully saturated rings.